The third kappa shape index (κ3) is 10.4. The van der Waals surface area contributed by atoms with Crippen LogP contribution in [0.15, 0.2) is 34.9 Å². The number of carboxylic acid groups (broad SMARTS) is 1. The number of hydrogen-bond acceptors (Lipinski definition) is 2. The molecule has 0 aromatic carbocycles. The van der Waals surface area contributed by atoms with Gasteiger partial charge in [-0.2, -0.15) is 12.6 Å². The normalized spacial score (nSPS) is 15.5. The second-order valence-corrected chi connectivity index (χ2v) is 7.23. The zero-order valence-corrected chi connectivity index (χ0v) is 15.0. The Balaban J connectivity index is 4.16. The van der Waals surface area contributed by atoms with E-state index in [1.165, 1.54) is 16.7 Å². The van der Waals surface area contributed by atoms with Gasteiger partial charge in [-0.25, -0.2) is 0 Å². The molecule has 0 aromatic heterocycles. The van der Waals surface area contributed by atoms with E-state index in [2.05, 4.69) is 52.5 Å². The molecule has 1 unspecified atom stereocenters. The molecule has 120 valence electrons. The summed E-state index contributed by atoms with van der Waals surface area (Å²) in [5.41, 5.74) is 4.02. The van der Waals surface area contributed by atoms with Gasteiger partial charge in [0.15, 0.2) is 0 Å². The van der Waals surface area contributed by atoms with Crippen molar-refractivity contribution in [3.05, 3.63) is 34.9 Å². The fourth-order valence-electron chi connectivity index (χ4n) is 1.80. The molecule has 0 bridgehead atoms. The highest BCUT2D eigenvalue weighted by Gasteiger charge is 2.26. The fraction of sp³-hybridized carbons (Fsp3) is 0.611. The maximum atomic E-state index is 11.0. The van der Waals surface area contributed by atoms with E-state index in [1.54, 1.807) is 6.92 Å². The molecule has 0 amide bonds. The van der Waals surface area contributed by atoms with Gasteiger partial charge in [-0.15, -0.1) is 0 Å². The summed E-state index contributed by atoms with van der Waals surface area (Å²) in [4.78, 5) is 11.0. The molecule has 0 aliphatic rings. The van der Waals surface area contributed by atoms with Gasteiger partial charge in [0.2, 0.25) is 0 Å². The van der Waals surface area contributed by atoms with Gasteiger partial charge in [0.25, 0.3) is 0 Å². The van der Waals surface area contributed by atoms with E-state index < -0.39 is 10.7 Å². The van der Waals surface area contributed by atoms with Gasteiger partial charge in [0.1, 0.15) is 4.75 Å². The Bertz CT molecular complexity index is 424. The molecule has 1 N–H and O–H groups in total. The lowest BCUT2D eigenvalue weighted by molar-refractivity contribution is -0.139. The smallest absolute Gasteiger partial charge is 0.319 e. The first-order valence-electron chi connectivity index (χ1n) is 7.55. The van der Waals surface area contributed by atoms with Crippen LogP contribution in [0.2, 0.25) is 0 Å². The number of hydrogen-bond donors (Lipinski definition) is 2. The molecule has 0 spiro atoms. The SMILES string of the molecule is CC(C)=CCCC(C)=CCCC(C)=CCC(C)(S)C(=O)O. The van der Waals surface area contributed by atoms with Gasteiger partial charge in [0.05, 0.1) is 0 Å². The second kappa shape index (κ2) is 9.88. The molecule has 21 heavy (non-hydrogen) atoms. The Labute approximate surface area is 135 Å². The van der Waals surface area contributed by atoms with E-state index in [4.69, 9.17) is 5.11 Å². The Hall–Kier alpha value is -0.960. The van der Waals surface area contributed by atoms with E-state index in [9.17, 15) is 4.79 Å². The lowest BCUT2D eigenvalue weighted by Gasteiger charge is -2.15. The molecule has 0 saturated carbocycles. The van der Waals surface area contributed by atoms with Gasteiger partial charge < -0.3 is 5.11 Å². The zero-order valence-electron chi connectivity index (χ0n) is 14.1. The fourth-order valence-corrected chi connectivity index (χ4v) is 1.89. The molecular weight excluding hydrogens is 280 g/mol. The predicted octanol–water partition coefficient (Wildman–Crippen LogP) is 5.57. The maximum absolute atomic E-state index is 11.0. The Kier molecular flexibility index (Phi) is 9.43. The largest absolute Gasteiger partial charge is 0.480 e. The van der Waals surface area contributed by atoms with Crippen molar-refractivity contribution in [1.29, 1.82) is 0 Å². The van der Waals surface area contributed by atoms with Crippen LogP contribution in [0.25, 0.3) is 0 Å². The minimum Gasteiger partial charge on any atom is -0.480 e. The van der Waals surface area contributed by atoms with E-state index in [0.717, 1.165) is 25.7 Å². The first-order chi connectivity index (χ1) is 9.65. The topological polar surface area (TPSA) is 37.3 Å². The van der Waals surface area contributed by atoms with Crippen LogP contribution in [0.3, 0.4) is 0 Å². The Morgan fingerprint density at radius 2 is 1.48 bits per heavy atom. The first kappa shape index (κ1) is 20.0. The summed E-state index contributed by atoms with van der Waals surface area (Å²) in [7, 11) is 0. The lowest BCUT2D eigenvalue weighted by Crippen LogP contribution is -2.27. The van der Waals surface area contributed by atoms with Crippen molar-refractivity contribution < 1.29 is 9.90 Å². The van der Waals surface area contributed by atoms with Crippen molar-refractivity contribution in [2.24, 2.45) is 0 Å². The first-order valence-corrected chi connectivity index (χ1v) is 8.00. The van der Waals surface area contributed by atoms with Crippen LogP contribution in [0.1, 0.15) is 66.7 Å². The van der Waals surface area contributed by atoms with Gasteiger partial charge in [-0.3, -0.25) is 4.79 Å². The summed E-state index contributed by atoms with van der Waals surface area (Å²) in [6.07, 6.45) is 11.2. The number of rotatable bonds is 9. The van der Waals surface area contributed by atoms with Crippen LogP contribution in [-0.4, -0.2) is 15.8 Å². The van der Waals surface area contributed by atoms with Gasteiger partial charge in [0, 0.05) is 0 Å². The molecule has 0 heterocycles. The van der Waals surface area contributed by atoms with Crippen molar-refractivity contribution in [2.45, 2.75) is 71.5 Å². The number of carbonyl (C=O) groups is 1. The van der Waals surface area contributed by atoms with Crippen molar-refractivity contribution in [3.8, 4) is 0 Å². The third-order valence-corrected chi connectivity index (χ3v) is 3.81. The van der Waals surface area contributed by atoms with Crippen LogP contribution in [0, 0.1) is 0 Å². The third-order valence-electron chi connectivity index (χ3n) is 3.43. The van der Waals surface area contributed by atoms with Crippen LogP contribution in [-0.2, 0) is 4.79 Å². The molecule has 3 heteroatoms. The molecule has 1 atom stereocenters. The number of aliphatic carboxylic acids is 1. The summed E-state index contributed by atoms with van der Waals surface area (Å²) < 4.78 is -0.975. The quantitative estimate of drug-likeness (QED) is 0.431. The van der Waals surface area contributed by atoms with Crippen LogP contribution in [0.4, 0.5) is 0 Å². The van der Waals surface area contributed by atoms with Crippen LogP contribution in [0.5, 0.6) is 0 Å². The van der Waals surface area contributed by atoms with E-state index in [-0.39, 0.29) is 0 Å². The number of carboxylic acids is 1. The standard InChI is InChI=1S/C18H30O2S/c1-14(2)8-6-9-15(3)10-7-11-16(4)12-13-18(5,21)17(19)20/h8,10,12,21H,6-7,9,11,13H2,1-5H3,(H,19,20). The van der Waals surface area contributed by atoms with Crippen molar-refractivity contribution in [2.75, 3.05) is 0 Å². The highest BCUT2D eigenvalue weighted by Crippen LogP contribution is 2.21. The minimum absolute atomic E-state index is 0.459. The van der Waals surface area contributed by atoms with Crippen molar-refractivity contribution >= 4 is 18.6 Å². The summed E-state index contributed by atoms with van der Waals surface area (Å²) in [5, 5.41) is 9.00. The lowest BCUT2D eigenvalue weighted by atomic mass is 10.0. The molecule has 0 aliphatic heterocycles. The Morgan fingerprint density at radius 3 is 1.95 bits per heavy atom. The number of allylic oxidation sites excluding steroid dienone is 6. The second-order valence-electron chi connectivity index (χ2n) is 6.24. The van der Waals surface area contributed by atoms with Crippen molar-refractivity contribution in [3.63, 3.8) is 0 Å². The molecule has 0 radical (unpaired) electrons. The minimum atomic E-state index is -0.975. The monoisotopic (exact) mass is 310 g/mol. The van der Waals surface area contributed by atoms with Crippen molar-refractivity contribution in [1.82, 2.24) is 0 Å². The highest BCUT2D eigenvalue weighted by atomic mass is 32.1. The molecule has 0 rings (SSSR count). The molecule has 0 aromatic rings. The van der Waals surface area contributed by atoms with Gasteiger partial charge in [-0.1, -0.05) is 34.9 Å². The highest BCUT2D eigenvalue weighted by molar-refractivity contribution is 7.82. The summed E-state index contributed by atoms with van der Waals surface area (Å²) in [5.74, 6) is -0.870. The predicted molar refractivity (Wildman–Crippen MR) is 95.1 cm³/mol. The maximum Gasteiger partial charge on any atom is 0.319 e. The van der Waals surface area contributed by atoms with Gasteiger partial charge in [-0.05, 0) is 66.7 Å². The number of thiol groups is 1. The molecule has 0 fully saturated rings. The average Bonchev–Trinajstić information content (AvgIpc) is 2.36. The molecular formula is C18H30O2S. The summed E-state index contributed by atoms with van der Waals surface area (Å²) >= 11 is 4.17. The van der Waals surface area contributed by atoms with E-state index >= 15 is 0 Å². The molecule has 0 saturated heterocycles. The van der Waals surface area contributed by atoms with Crippen LogP contribution >= 0.6 is 12.6 Å². The van der Waals surface area contributed by atoms with E-state index in [0.29, 0.717) is 6.42 Å². The Morgan fingerprint density at radius 1 is 1.00 bits per heavy atom. The van der Waals surface area contributed by atoms with Gasteiger partial charge >= 0.3 is 5.97 Å². The average molecular weight is 311 g/mol. The summed E-state index contributed by atoms with van der Waals surface area (Å²) in [6, 6.07) is 0. The summed E-state index contributed by atoms with van der Waals surface area (Å²) in [6.45, 7) is 10.1. The zero-order chi connectivity index (χ0) is 16.5. The van der Waals surface area contributed by atoms with Crippen LogP contribution < -0.4 is 0 Å². The molecule has 2 nitrogen and oxygen atoms in total. The molecule has 0 aliphatic carbocycles. The van der Waals surface area contributed by atoms with E-state index in [1.807, 2.05) is 6.08 Å².